The van der Waals surface area contributed by atoms with Crippen LogP contribution in [0, 0.1) is 13.8 Å². The fraction of sp³-hybridized carbons (Fsp3) is 0.182. The number of rotatable bonds is 7. The van der Waals surface area contributed by atoms with Crippen molar-refractivity contribution in [1.82, 2.24) is 20.2 Å². The number of aryl methyl sites for hydroxylation is 2. The molecule has 0 unspecified atom stereocenters. The van der Waals surface area contributed by atoms with Gasteiger partial charge in [0.25, 0.3) is 0 Å². The molecule has 0 fully saturated rings. The van der Waals surface area contributed by atoms with Crippen LogP contribution in [-0.4, -0.2) is 26.1 Å². The highest BCUT2D eigenvalue weighted by atomic mass is 32.2. The van der Waals surface area contributed by atoms with E-state index in [1.807, 2.05) is 73.8 Å². The van der Waals surface area contributed by atoms with Gasteiger partial charge in [0.15, 0.2) is 0 Å². The molecule has 0 saturated carbocycles. The van der Waals surface area contributed by atoms with Gasteiger partial charge < -0.3 is 5.32 Å². The average molecular weight is 436 g/mol. The van der Waals surface area contributed by atoms with Crippen molar-refractivity contribution in [2.75, 3.05) is 5.32 Å². The highest BCUT2D eigenvalue weighted by Gasteiger charge is 2.25. The molecule has 8 heteroatoms. The summed E-state index contributed by atoms with van der Waals surface area (Å²) in [5, 5.41) is 17.3. The minimum Gasteiger partial charge on any atom is -0.325 e. The standard InChI is InChI=1S/C22H21N5OS2/c1-15-11-16(2)13-18(12-15)23-21(28)20(17-7-4-3-5-8-17)30-22-24-25-26-27(22)14-19-9-6-10-29-19/h3-13,20H,14H2,1-2H3,(H,23,28)/t20-/m1/s1. The monoisotopic (exact) mass is 435 g/mol. The van der Waals surface area contributed by atoms with E-state index in [-0.39, 0.29) is 5.91 Å². The Bertz CT molecular complexity index is 1110. The molecule has 0 aliphatic heterocycles. The molecular formula is C22H21N5OS2. The van der Waals surface area contributed by atoms with Gasteiger partial charge in [0, 0.05) is 10.6 Å². The molecule has 0 saturated heterocycles. The largest absolute Gasteiger partial charge is 0.325 e. The van der Waals surface area contributed by atoms with E-state index in [0.717, 1.165) is 27.3 Å². The van der Waals surface area contributed by atoms with Crippen LogP contribution in [-0.2, 0) is 11.3 Å². The van der Waals surface area contributed by atoms with E-state index in [2.05, 4.69) is 26.9 Å². The summed E-state index contributed by atoms with van der Waals surface area (Å²) in [4.78, 5) is 14.4. The second-order valence-electron chi connectivity index (χ2n) is 6.97. The van der Waals surface area contributed by atoms with Gasteiger partial charge in [-0.05, 0) is 64.5 Å². The van der Waals surface area contributed by atoms with Crippen molar-refractivity contribution in [3.63, 3.8) is 0 Å². The quantitative estimate of drug-likeness (QED) is 0.419. The van der Waals surface area contributed by atoms with Crippen LogP contribution in [0.15, 0.2) is 71.2 Å². The number of anilines is 1. The van der Waals surface area contributed by atoms with Gasteiger partial charge >= 0.3 is 0 Å². The van der Waals surface area contributed by atoms with Crippen LogP contribution in [0.5, 0.6) is 0 Å². The van der Waals surface area contributed by atoms with Crippen molar-refractivity contribution in [3.05, 3.63) is 87.6 Å². The Kier molecular flexibility index (Phi) is 6.25. The van der Waals surface area contributed by atoms with Crippen LogP contribution in [0.1, 0.15) is 26.8 Å². The van der Waals surface area contributed by atoms with Gasteiger partial charge in [-0.1, -0.05) is 54.2 Å². The number of aromatic nitrogens is 4. The molecule has 1 atom stereocenters. The summed E-state index contributed by atoms with van der Waals surface area (Å²) in [6, 6.07) is 19.8. The van der Waals surface area contributed by atoms with Gasteiger partial charge in [0.05, 0.1) is 6.54 Å². The predicted molar refractivity (Wildman–Crippen MR) is 121 cm³/mol. The Labute approximate surface area is 183 Å². The number of thiophene rings is 1. The zero-order valence-corrected chi connectivity index (χ0v) is 18.3. The van der Waals surface area contributed by atoms with Crippen molar-refractivity contribution < 1.29 is 4.79 Å². The molecule has 1 N–H and O–H groups in total. The zero-order valence-electron chi connectivity index (χ0n) is 16.6. The lowest BCUT2D eigenvalue weighted by Crippen LogP contribution is -2.20. The van der Waals surface area contributed by atoms with Crippen LogP contribution in [0.4, 0.5) is 5.69 Å². The normalized spacial score (nSPS) is 11.9. The lowest BCUT2D eigenvalue weighted by molar-refractivity contribution is -0.115. The van der Waals surface area contributed by atoms with Gasteiger partial charge in [-0.15, -0.1) is 16.4 Å². The van der Waals surface area contributed by atoms with Crippen LogP contribution >= 0.6 is 23.1 Å². The molecule has 2 aromatic heterocycles. The molecule has 2 aromatic carbocycles. The molecule has 152 valence electrons. The van der Waals surface area contributed by atoms with E-state index >= 15 is 0 Å². The molecule has 0 aliphatic rings. The summed E-state index contributed by atoms with van der Waals surface area (Å²) in [5.41, 5.74) is 3.90. The summed E-state index contributed by atoms with van der Waals surface area (Å²) < 4.78 is 1.73. The van der Waals surface area contributed by atoms with E-state index in [1.54, 1.807) is 16.0 Å². The molecule has 4 rings (SSSR count). The SMILES string of the molecule is Cc1cc(C)cc(NC(=O)[C@H](Sc2nnnn2Cc2cccs2)c2ccccc2)c1. The molecule has 0 radical (unpaired) electrons. The van der Waals surface area contributed by atoms with Crippen molar-refractivity contribution in [2.24, 2.45) is 0 Å². The first-order valence-electron chi connectivity index (χ1n) is 9.48. The number of hydrogen-bond acceptors (Lipinski definition) is 6. The molecule has 6 nitrogen and oxygen atoms in total. The maximum absolute atomic E-state index is 13.3. The van der Waals surface area contributed by atoms with Gasteiger partial charge in [-0.25, -0.2) is 4.68 Å². The van der Waals surface area contributed by atoms with Crippen molar-refractivity contribution in [1.29, 1.82) is 0 Å². The number of tetrazole rings is 1. The van der Waals surface area contributed by atoms with E-state index in [4.69, 9.17) is 0 Å². The van der Waals surface area contributed by atoms with E-state index in [9.17, 15) is 4.79 Å². The highest BCUT2D eigenvalue weighted by molar-refractivity contribution is 8.00. The topological polar surface area (TPSA) is 72.7 Å². The fourth-order valence-corrected chi connectivity index (χ4v) is 4.85. The Morgan fingerprint density at radius 1 is 1.10 bits per heavy atom. The first-order chi connectivity index (χ1) is 14.6. The first kappa shape index (κ1) is 20.3. The lowest BCUT2D eigenvalue weighted by Gasteiger charge is -2.17. The maximum Gasteiger partial charge on any atom is 0.242 e. The summed E-state index contributed by atoms with van der Waals surface area (Å²) in [5.74, 6) is -0.109. The second kappa shape index (κ2) is 9.23. The summed E-state index contributed by atoms with van der Waals surface area (Å²) in [6.07, 6.45) is 0. The molecule has 30 heavy (non-hydrogen) atoms. The Morgan fingerprint density at radius 2 is 1.87 bits per heavy atom. The van der Waals surface area contributed by atoms with Crippen molar-refractivity contribution in [3.8, 4) is 0 Å². The number of amides is 1. The second-order valence-corrected chi connectivity index (χ2v) is 9.08. The molecule has 2 heterocycles. The molecule has 0 spiro atoms. The van der Waals surface area contributed by atoms with E-state index < -0.39 is 5.25 Å². The van der Waals surface area contributed by atoms with Gasteiger partial charge in [0.2, 0.25) is 11.1 Å². The van der Waals surface area contributed by atoms with Gasteiger partial charge in [0.1, 0.15) is 5.25 Å². The summed E-state index contributed by atoms with van der Waals surface area (Å²) in [6.45, 7) is 4.61. The Hall–Kier alpha value is -2.97. The van der Waals surface area contributed by atoms with Crippen LogP contribution in [0.25, 0.3) is 0 Å². The Morgan fingerprint density at radius 3 is 2.57 bits per heavy atom. The first-order valence-corrected chi connectivity index (χ1v) is 11.2. The van der Waals surface area contributed by atoms with Gasteiger partial charge in [-0.3, -0.25) is 4.79 Å². The predicted octanol–water partition coefficient (Wildman–Crippen LogP) is 4.87. The van der Waals surface area contributed by atoms with E-state index in [0.29, 0.717) is 11.7 Å². The molecule has 0 bridgehead atoms. The smallest absolute Gasteiger partial charge is 0.242 e. The highest BCUT2D eigenvalue weighted by Crippen LogP contribution is 2.35. The molecular weight excluding hydrogens is 414 g/mol. The third-order valence-corrected chi connectivity index (χ3v) is 6.52. The number of hydrogen-bond donors (Lipinski definition) is 1. The number of nitrogens with zero attached hydrogens (tertiary/aromatic N) is 4. The fourth-order valence-electron chi connectivity index (χ4n) is 3.19. The zero-order chi connectivity index (χ0) is 20.9. The van der Waals surface area contributed by atoms with Crippen LogP contribution in [0.3, 0.4) is 0 Å². The third-order valence-electron chi connectivity index (χ3n) is 4.44. The minimum atomic E-state index is -0.486. The molecule has 4 aromatic rings. The molecule has 1 amide bonds. The number of nitrogens with one attached hydrogen (secondary N) is 1. The average Bonchev–Trinajstić information content (AvgIpc) is 3.38. The van der Waals surface area contributed by atoms with E-state index in [1.165, 1.54) is 11.8 Å². The maximum atomic E-state index is 13.3. The van der Waals surface area contributed by atoms with Crippen LogP contribution < -0.4 is 5.32 Å². The van der Waals surface area contributed by atoms with Crippen LogP contribution in [0.2, 0.25) is 0 Å². The summed E-state index contributed by atoms with van der Waals surface area (Å²) >= 11 is 3.00. The number of carbonyl (C=O) groups is 1. The third kappa shape index (κ3) is 4.95. The number of benzene rings is 2. The van der Waals surface area contributed by atoms with Crippen molar-refractivity contribution >= 4 is 34.7 Å². The minimum absolute atomic E-state index is 0.109. The number of carbonyl (C=O) groups excluding carboxylic acids is 1. The Balaban J connectivity index is 1.60. The molecule has 0 aliphatic carbocycles. The lowest BCUT2D eigenvalue weighted by atomic mass is 10.1. The summed E-state index contributed by atoms with van der Waals surface area (Å²) in [7, 11) is 0. The van der Waals surface area contributed by atoms with Crippen molar-refractivity contribution in [2.45, 2.75) is 30.8 Å². The van der Waals surface area contributed by atoms with Gasteiger partial charge in [-0.2, -0.15) is 0 Å². The number of thioether (sulfide) groups is 1.